The Labute approximate surface area is 120 Å². The van der Waals surface area contributed by atoms with Gasteiger partial charge in [0.1, 0.15) is 0 Å². The second-order valence-electron chi connectivity index (χ2n) is 6.08. The zero-order valence-electron chi connectivity index (χ0n) is 12.3. The Morgan fingerprint density at radius 2 is 1.95 bits per heavy atom. The van der Waals surface area contributed by atoms with Gasteiger partial charge in [0.15, 0.2) is 5.82 Å². The van der Waals surface area contributed by atoms with Gasteiger partial charge in [-0.15, -0.1) is 0 Å². The highest BCUT2D eigenvalue weighted by atomic mass is 16.5. The van der Waals surface area contributed by atoms with Gasteiger partial charge >= 0.3 is 0 Å². The predicted octanol–water partition coefficient (Wildman–Crippen LogP) is 2.28. The zero-order chi connectivity index (χ0) is 13.8. The van der Waals surface area contributed by atoms with E-state index < -0.39 is 0 Å². The molecule has 1 aliphatic heterocycles. The summed E-state index contributed by atoms with van der Waals surface area (Å²) in [5.41, 5.74) is 0. The van der Waals surface area contributed by atoms with Gasteiger partial charge in [0.05, 0.1) is 0 Å². The first kappa shape index (κ1) is 14.0. The van der Waals surface area contributed by atoms with Crippen LogP contribution in [0.3, 0.4) is 0 Å². The molecule has 0 radical (unpaired) electrons. The Hall–Kier alpha value is -0.940. The average molecular weight is 279 g/mol. The minimum Gasteiger partial charge on any atom is -0.381 e. The van der Waals surface area contributed by atoms with Gasteiger partial charge < -0.3 is 14.6 Å². The Balaban J connectivity index is 1.61. The summed E-state index contributed by atoms with van der Waals surface area (Å²) in [5.74, 6) is 2.77. The molecule has 2 heterocycles. The topological polar surface area (TPSA) is 60.2 Å². The van der Waals surface area contributed by atoms with E-state index >= 15 is 0 Å². The third kappa shape index (κ3) is 3.20. The number of nitrogens with one attached hydrogen (secondary N) is 1. The standard InChI is InChI=1S/C15H25N3O2/c1-16-13-5-3-2-4-12(13)10-14-17-15(18-20-14)11-6-8-19-9-7-11/h11-13,16H,2-10H2,1H3. The van der Waals surface area contributed by atoms with E-state index in [2.05, 4.69) is 22.5 Å². The summed E-state index contributed by atoms with van der Waals surface area (Å²) in [6.07, 6.45) is 8.14. The highest BCUT2D eigenvalue weighted by Gasteiger charge is 2.27. The molecule has 2 unspecified atom stereocenters. The van der Waals surface area contributed by atoms with Crippen molar-refractivity contribution in [2.24, 2.45) is 5.92 Å². The highest BCUT2D eigenvalue weighted by Crippen LogP contribution is 2.28. The van der Waals surface area contributed by atoms with Crippen LogP contribution in [0.2, 0.25) is 0 Å². The van der Waals surface area contributed by atoms with Gasteiger partial charge in [0.25, 0.3) is 0 Å². The molecule has 1 aliphatic carbocycles. The summed E-state index contributed by atoms with van der Waals surface area (Å²) in [5, 5.41) is 7.63. The van der Waals surface area contributed by atoms with Crippen LogP contribution in [0.15, 0.2) is 4.52 Å². The normalized spacial score (nSPS) is 28.6. The molecule has 0 spiro atoms. The predicted molar refractivity (Wildman–Crippen MR) is 75.6 cm³/mol. The van der Waals surface area contributed by atoms with Crippen molar-refractivity contribution >= 4 is 0 Å². The minimum atomic E-state index is 0.424. The Morgan fingerprint density at radius 1 is 1.15 bits per heavy atom. The first-order chi connectivity index (χ1) is 9.86. The fourth-order valence-corrected chi connectivity index (χ4v) is 3.53. The van der Waals surface area contributed by atoms with Crippen LogP contribution in [-0.2, 0) is 11.2 Å². The lowest BCUT2D eigenvalue weighted by molar-refractivity contribution is 0.0830. The van der Waals surface area contributed by atoms with Crippen LogP contribution >= 0.6 is 0 Å². The molecule has 2 atom stereocenters. The molecule has 1 saturated carbocycles. The molecular weight excluding hydrogens is 254 g/mol. The molecule has 2 aliphatic rings. The van der Waals surface area contributed by atoms with E-state index in [1.807, 2.05) is 0 Å². The molecule has 1 aromatic rings. The van der Waals surface area contributed by atoms with Crippen molar-refractivity contribution in [2.45, 2.75) is 56.9 Å². The molecule has 0 amide bonds. The minimum absolute atomic E-state index is 0.424. The maximum Gasteiger partial charge on any atom is 0.226 e. The third-order valence-electron chi connectivity index (χ3n) is 4.79. The van der Waals surface area contributed by atoms with E-state index in [1.165, 1.54) is 25.7 Å². The van der Waals surface area contributed by atoms with E-state index in [0.717, 1.165) is 44.2 Å². The monoisotopic (exact) mass is 279 g/mol. The first-order valence-corrected chi connectivity index (χ1v) is 7.94. The molecule has 20 heavy (non-hydrogen) atoms. The highest BCUT2D eigenvalue weighted by molar-refractivity contribution is 4.98. The summed E-state index contributed by atoms with van der Waals surface area (Å²) in [6.45, 7) is 1.64. The molecule has 0 aromatic carbocycles. The van der Waals surface area contributed by atoms with E-state index in [-0.39, 0.29) is 0 Å². The summed E-state index contributed by atoms with van der Waals surface area (Å²) >= 11 is 0. The van der Waals surface area contributed by atoms with Gasteiger partial charge in [-0.3, -0.25) is 0 Å². The Morgan fingerprint density at radius 3 is 2.75 bits per heavy atom. The molecule has 0 bridgehead atoms. The molecule has 1 N–H and O–H groups in total. The number of rotatable bonds is 4. The molecule has 5 nitrogen and oxygen atoms in total. The van der Waals surface area contributed by atoms with Crippen molar-refractivity contribution in [3.8, 4) is 0 Å². The first-order valence-electron chi connectivity index (χ1n) is 7.94. The van der Waals surface area contributed by atoms with Crippen LogP contribution in [0.5, 0.6) is 0 Å². The maximum absolute atomic E-state index is 5.48. The lowest BCUT2D eigenvalue weighted by Crippen LogP contribution is -2.37. The van der Waals surface area contributed by atoms with Gasteiger partial charge in [-0.05, 0) is 38.6 Å². The van der Waals surface area contributed by atoms with Crippen molar-refractivity contribution < 1.29 is 9.26 Å². The van der Waals surface area contributed by atoms with Crippen LogP contribution in [0.25, 0.3) is 0 Å². The lowest BCUT2D eigenvalue weighted by atomic mass is 9.82. The number of aromatic nitrogens is 2. The van der Waals surface area contributed by atoms with E-state index in [9.17, 15) is 0 Å². The third-order valence-corrected chi connectivity index (χ3v) is 4.79. The number of hydrogen-bond donors (Lipinski definition) is 1. The van der Waals surface area contributed by atoms with Crippen LogP contribution < -0.4 is 5.32 Å². The SMILES string of the molecule is CNC1CCCCC1Cc1nc(C2CCOCC2)no1. The summed E-state index contributed by atoms with van der Waals surface area (Å²) in [4.78, 5) is 4.64. The lowest BCUT2D eigenvalue weighted by Gasteiger charge is -2.30. The summed E-state index contributed by atoms with van der Waals surface area (Å²) in [7, 11) is 2.06. The molecule has 2 fully saturated rings. The fraction of sp³-hybridized carbons (Fsp3) is 0.867. The summed E-state index contributed by atoms with van der Waals surface area (Å²) < 4.78 is 10.9. The largest absolute Gasteiger partial charge is 0.381 e. The molecule has 5 heteroatoms. The fourth-order valence-electron chi connectivity index (χ4n) is 3.53. The van der Waals surface area contributed by atoms with Crippen molar-refractivity contribution in [1.82, 2.24) is 15.5 Å². The maximum atomic E-state index is 5.48. The second kappa shape index (κ2) is 6.68. The van der Waals surface area contributed by atoms with E-state index in [1.54, 1.807) is 0 Å². The van der Waals surface area contributed by atoms with Crippen molar-refractivity contribution in [2.75, 3.05) is 20.3 Å². The van der Waals surface area contributed by atoms with Crippen molar-refractivity contribution in [3.63, 3.8) is 0 Å². The van der Waals surface area contributed by atoms with Gasteiger partial charge in [0, 0.05) is 31.6 Å². The van der Waals surface area contributed by atoms with Crippen molar-refractivity contribution in [3.05, 3.63) is 11.7 Å². The van der Waals surface area contributed by atoms with Crippen molar-refractivity contribution in [1.29, 1.82) is 0 Å². The molecule has 3 rings (SSSR count). The van der Waals surface area contributed by atoms with Crippen LogP contribution in [0, 0.1) is 5.92 Å². The number of ether oxygens (including phenoxy) is 1. The smallest absolute Gasteiger partial charge is 0.226 e. The molecule has 1 saturated heterocycles. The van der Waals surface area contributed by atoms with E-state index in [0.29, 0.717) is 17.9 Å². The molecule has 1 aromatic heterocycles. The average Bonchev–Trinajstić information content (AvgIpc) is 2.97. The molecule has 112 valence electrons. The molecular formula is C15H25N3O2. The van der Waals surface area contributed by atoms with Crippen LogP contribution in [0.4, 0.5) is 0 Å². The Kier molecular flexibility index (Phi) is 4.68. The van der Waals surface area contributed by atoms with Crippen LogP contribution in [0.1, 0.15) is 56.2 Å². The van der Waals surface area contributed by atoms with Gasteiger partial charge in [-0.2, -0.15) is 4.98 Å². The quantitative estimate of drug-likeness (QED) is 0.916. The number of hydrogen-bond acceptors (Lipinski definition) is 5. The van der Waals surface area contributed by atoms with E-state index in [4.69, 9.17) is 9.26 Å². The summed E-state index contributed by atoms with van der Waals surface area (Å²) in [6, 6.07) is 0.599. The van der Waals surface area contributed by atoms with Gasteiger partial charge in [0.2, 0.25) is 5.89 Å². The van der Waals surface area contributed by atoms with Gasteiger partial charge in [-0.25, -0.2) is 0 Å². The van der Waals surface area contributed by atoms with Crippen LogP contribution in [-0.4, -0.2) is 36.4 Å². The van der Waals surface area contributed by atoms with Gasteiger partial charge in [-0.1, -0.05) is 18.0 Å². The Bertz CT molecular complexity index is 415. The zero-order valence-corrected chi connectivity index (χ0v) is 12.3. The second-order valence-corrected chi connectivity index (χ2v) is 6.08. The number of nitrogens with zero attached hydrogens (tertiary/aromatic N) is 2.